The Morgan fingerprint density at radius 3 is 2.60 bits per heavy atom. The molecular weight excluding hydrogens is 306 g/mol. The molecule has 0 heterocycles. The summed E-state index contributed by atoms with van der Waals surface area (Å²) in [5, 5.41) is 1.62. The summed E-state index contributed by atoms with van der Waals surface area (Å²) in [5.41, 5.74) is 0.612. The summed E-state index contributed by atoms with van der Waals surface area (Å²) in [6, 6.07) is 9.32. The molecule has 0 N–H and O–H groups in total. The first-order chi connectivity index (χ1) is 7.24. The average Bonchev–Trinajstić information content (AvgIpc) is 2.26. The average molecular weight is 316 g/mol. The van der Waals surface area contributed by atoms with E-state index in [-0.39, 0.29) is 5.82 Å². The molecule has 0 bridgehead atoms. The third-order valence-corrected chi connectivity index (χ3v) is 3.20. The van der Waals surface area contributed by atoms with Gasteiger partial charge in [-0.1, -0.05) is 24.3 Å². The number of hydrogen-bond acceptors (Lipinski definition) is 1. The maximum Gasteiger partial charge on any atom is 0.136 e. The topological polar surface area (TPSA) is 9.23 Å². The molecule has 2 aromatic rings. The summed E-state index contributed by atoms with van der Waals surface area (Å²) in [5.74, 6) is -0.173. The molecule has 0 radical (unpaired) electrons. The van der Waals surface area contributed by atoms with E-state index in [0.717, 1.165) is 8.96 Å². The van der Waals surface area contributed by atoms with Crippen molar-refractivity contribution in [2.45, 2.75) is 6.61 Å². The van der Waals surface area contributed by atoms with Crippen molar-refractivity contribution in [2.75, 3.05) is 7.11 Å². The van der Waals surface area contributed by atoms with E-state index in [1.54, 1.807) is 13.2 Å². The van der Waals surface area contributed by atoms with Gasteiger partial charge in [-0.2, -0.15) is 0 Å². The highest BCUT2D eigenvalue weighted by Crippen LogP contribution is 2.26. The molecule has 0 aliphatic heterocycles. The van der Waals surface area contributed by atoms with Crippen molar-refractivity contribution < 1.29 is 9.13 Å². The van der Waals surface area contributed by atoms with Gasteiger partial charge in [-0.15, -0.1) is 0 Å². The van der Waals surface area contributed by atoms with E-state index >= 15 is 0 Å². The van der Waals surface area contributed by atoms with Crippen LogP contribution in [0, 0.1) is 9.39 Å². The van der Waals surface area contributed by atoms with Crippen LogP contribution in [0.5, 0.6) is 0 Å². The number of rotatable bonds is 2. The smallest absolute Gasteiger partial charge is 0.136 e. The Bertz CT molecular complexity index is 496. The molecule has 0 amide bonds. The number of hydrogen-bond donors (Lipinski definition) is 0. The predicted molar refractivity (Wildman–Crippen MR) is 67.3 cm³/mol. The van der Waals surface area contributed by atoms with Gasteiger partial charge in [0.2, 0.25) is 0 Å². The second kappa shape index (κ2) is 4.45. The molecule has 1 nitrogen and oxygen atoms in total. The summed E-state index contributed by atoms with van der Waals surface area (Å²) >= 11 is 2.22. The zero-order valence-corrected chi connectivity index (χ0v) is 10.4. The van der Waals surface area contributed by atoms with Crippen LogP contribution in [-0.4, -0.2) is 7.11 Å². The monoisotopic (exact) mass is 316 g/mol. The van der Waals surface area contributed by atoms with Crippen LogP contribution in [0.15, 0.2) is 30.3 Å². The van der Waals surface area contributed by atoms with Gasteiger partial charge in [0, 0.05) is 21.6 Å². The van der Waals surface area contributed by atoms with E-state index < -0.39 is 0 Å². The standard InChI is InChI=1S/C12H10FIO/c1-15-7-8-6-11(14)9-4-2-3-5-10(9)12(8)13/h2-6H,7H2,1H3. The van der Waals surface area contributed by atoms with Gasteiger partial charge in [-0.05, 0) is 34.0 Å². The molecule has 0 aliphatic carbocycles. The number of benzene rings is 2. The number of fused-ring (bicyclic) bond motifs is 1. The molecule has 0 saturated heterocycles. The Kier molecular flexibility index (Phi) is 3.21. The van der Waals surface area contributed by atoms with Crippen LogP contribution >= 0.6 is 22.6 Å². The van der Waals surface area contributed by atoms with Crippen LogP contribution in [0.2, 0.25) is 0 Å². The van der Waals surface area contributed by atoms with Gasteiger partial charge >= 0.3 is 0 Å². The maximum absolute atomic E-state index is 14.0. The first-order valence-corrected chi connectivity index (χ1v) is 5.66. The second-order valence-corrected chi connectivity index (χ2v) is 4.47. The minimum atomic E-state index is -0.173. The molecule has 0 aromatic heterocycles. The third kappa shape index (κ3) is 1.99. The Balaban J connectivity index is 2.72. The first kappa shape index (κ1) is 10.8. The molecular formula is C12H10FIO. The van der Waals surface area contributed by atoms with Gasteiger partial charge in [-0.3, -0.25) is 0 Å². The fourth-order valence-electron chi connectivity index (χ4n) is 1.61. The van der Waals surface area contributed by atoms with Crippen LogP contribution in [0.4, 0.5) is 4.39 Å². The SMILES string of the molecule is COCc1cc(I)c2ccccc2c1F. The highest BCUT2D eigenvalue weighted by atomic mass is 127. The lowest BCUT2D eigenvalue weighted by Gasteiger charge is -2.07. The molecule has 2 rings (SSSR count). The Morgan fingerprint density at radius 1 is 1.27 bits per heavy atom. The molecule has 0 fully saturated rings. The normalized spacial score (nSPS) is 10.9. The number of methoxy groups -OCH3 is 1. The quantitative estimate of drug-likeness (QED) is 0.767. The van der Waals surface area contributed by atoms with Crippen LogP contribution in [-0.2, 0) is 11.3 Å². The Labute approximate surface area is 101 Å². The van der Waals surface area contributed by atoms with Gasteiger partial charge in [0.25, 0.3) is 0 Å². The van der Waals surface area contributed by atoms with Crippen LogP contribution in [0.1, 0.15) is 5.56 Å². The van der Waals surface area contributed by atoms with E-state index in [1.165, 1.54) is 0 Å². The Hall–Kier alpha value is -0.680. The van der Waals surface area contributed by atoms with Crippen molar-refractivity contribution in [3.05, 3.63) is 45.3 Å². The van der Waals surface area contributed by atoms with Gasteiger partial charge < -0.3 is 4.74 Å². The highest BCUT2D eigenvalue weighted by molar-refractivity contribution is 14.1. The van der Waals surface area contributed by atoms with Crippen molar-refractivity contribution >= 4 is 33.4 Å². The summed E-state index contributed by atoms with van der Waals surface area (Å²) < 4.78 is 20.0. The minimum absolute atomic E-state index is 0.173. The van der Waals surface area contributed by atoms with Gasteiger partial charge in [-0.25, -0.2) is 4.39 Å². The lowest BCUT2D eigenvalue weighted by molar-refractivity contribution is 0.181. The van der Waals surface area contributed by atoms with Crippen LogP contribution in [0.3, 0.4) is 0 Å². The second-order valence-electron chi connectivity index (χ2n) is 3.31. The maximum atomic E-state index is 14.0. The van der Waals surface area contributed by atoms with E-state index in [4.69, 9.17) is 4.74 Å². The van der Waals surface area contributed by atoms with Gasteiger partial charge in [0.05, 0.1) is 6.61 Å². The summed E-state index contributed by atoms with van der Waals surface area (Å²) in [6.45, 7) is 0.312. The highest BCUT2D eigenvalue weighted by Gasteiger charge is 2.09. The molecule has 2 aromatic carbocycles. The molecule has 0 spiro atoms. The predicted octanol–water partition coefficient (Wildman–Crippen LogP) is 3.73. The zero-order valence-electron chi connectivity index (χ0n) is 8.26. The summed E-state index contributed by atoms with van der Waals surface area (Å²) in [7, 11) is 1.57. The van der Waals surface area contributed by atoms with Gasteiger partial charge in [0.1, 0.15) is 5.82 Å². The van der Waals surface area contributed by atoms with Crippen molar-refractivity contribution in [3.63, 3.8) is 0 Å². The molecule has 3 heteroatoms. The molecule has 0 aliphatic rings. The molecule has 0 saturated carbocycles. The number of ether oxygens (including phenoxy) is 1. The molecule has 78 valence electrons. The van der Waals surface area contributed by atoms with Crippen molar-refractivity contribution in [2.24, 2.45) is 0 Å². The van der Waals surface area contributed by atoms with Crippen LogP contribution in [0.25, 0.3) is 10.8 Å². The van der Waals surface area contributed by atoms with E-state index in [1.807, 2.05) is 24.3 Å². The van der Waals surface area contributed by atoms with Crippen molar-refractivity contribution in [1.29, 1.82) is 0 Å². The fraction of sp³-hybridized carbons (Fsp3) is 0.167. The van der Waals surface area contributed by atoms with Crippen molar-refractivity contribution in [1.82, 2.24) is 0 Å². The minimum Gasteiger partial charge on any atom is -0.380 e. The fourth-order valence-corrected chi connectivity index (χ4v) is 2.46. The molecule has 0 atom stereocenters. The number of halogens is 2. The van der Waals surface area contributed by atoms with Crippen molar-refractivity contribution in [3.8, 4) is 0 Å². The molecule has 15 heavy (non-hydrogen) atoms. The van der Waals surface area contributed by atoms with Crippen LogP contribution < -0.4 is 0 Å². The van der Waals surface area contributed by atoms with E-state index in [0.29, 0.717) is 17.6 Å². The van der Waals surface area contributed by atoms with E-state index in [2.05, 4.69) is 22.6 Å². The lowest BCUT2D eigenvalue weighted by atomic mass is 10.1. The van der Waals surface area contributed by atoms with E-state index in [9.17, 15) is 4.39 Å². The zero-order chi connectivity index (χ0) is 10.8. The summed E-state index contributed by atoms with van der Waals surface area (Å²) in [4.78, 5) is 0. The molecule has 0 unspecified atom stereocenters. The van der Waals surface area contributed by atoms with Gasteiger partial charge in [0.15, 0.2) is 0 Å². The Morgan fingerprint density at radius 2 is 1.93 bits per heavy atom. The third-order valence-electron chi connectivity index (χ3n) is 2.30. The largest absolute Gasteiger partial charge is 0.380 e. The summed E-state index contributed by atoms with van der Waals surface area (Å²) in [6.07, 6.45) is 0. The lowest BCUT2D eigenvalue weighted by Crippen LogP contribution is -1.95. The first-order valence-electron chi connectivity index (χ1n) is 4.58.